The molecule has 106 valence electrons. The van der Waals surface area contributed by atoms with Crippen molar-refractivity contribution in [3.8, 4) is 0 Å². The van der Waals surface area contributed by atoms with E-state index >= 15 is 0 Å². The summed E-state index contributed by atoms with van der Waals surface area (Å²) in [5, 5.41) is 0. The summed E-state index contributed by atoms with van der Waals surface area (Å²) in [5.74, 6) is 0.910. The van der Waals surface area contributed by atoms with E-state index in [0.717, 1.165) is 5.92 Å². The Morgan fingerprint density at radius 3 is 2.11 bits per heavy atom. The van der Waals surface area contributed by atoms with Crippen LogP contribution in [0, 0.1) is 5.92 Å². The first-order valence-electron chi connectivity index (χ1n) is 7.82. The molecule has 1 saturated carbocycles. The zero-order valence-electron chi connectivity index (χ0n) is 12.9. The minimum absolute atomic E-state index is 0.910. The molecule has 1 aliphatic rings. The van der Waals surface area contributed by atoms with Gasteiger partial charge in [-0.3, -0.25) is 0 Å². The third-order valence-electron chi connectivity index (χ3n) is 3.25. The first-order valence-corrected chi connectivity index (χ1v) is 7.82. The molecule has 0 bridgehead atoms. The van der Waals surface area contributed by atoms with Crippen molar-refractivity contribution >= 4 is 0 Å². The number of unbranched alkanes of at least 4 members (excludes halogenated alkanes) is 1. The SMILES string of the molecule is CC.CCCC.c1cn(CC2CCCCC2)cn1. The van der Waals surface area contributed by atoms with E-state index in [1.165, 1.54) is 51.5 Å². The fourth-order valence-electron chi connectivity index (χ4n) is 2.06. The molecule has 2 heteroatoms. The van der Waals surface area contributed by atoms with Crippen molar-refractivity contribution < 1.29 is 0 Å². The smallest absolute Gasteiger partial charge is 0.0945 e. The number of hydrogen-bond donors (Lipinski definition) is 0. The van der Waals surface area contributed by atoms with Gasteiger partial charge in [0.2, 0.25) is 0 Å². The fraction of sp³-hybridized carbons (Fsp3) is 0.812. The average Bonchev–Trinajstić information content (AvgIpc) is 2.95. The summed E-state index contributed by atoms with van der Waals surface area (Å²) in [6.45, 7) is 9.54. The van der Waals surface area contributed by atoms with E-state index in [4.69, 9.17) is 0 Å². The van der Waals surface area contributed by atoms with Crippen LogP contribution in [0.25, 0.3) is 0 Å². The van der Waals surface area contributed by atoms with Gasteiger partial charge in [0.1, 0.15) is 0 Å². The molecule has 0 spiro atoms. The highest BCUT2D eigenvalue weighted by Crippen LogP contribution is 2.24. The second-order valence-electron chi connectivity index (χ2n) is 4.76. The maximum atomic E-state index is 4.05. The molecule has 1 aromatic heterocycles. The zero-order valence-corrected chi connectivity index (χ0v) is 12.9. The minimum atomic E-state index is 0.910. The van der Waals surface area contributed by atoms with E-state index in [-0.39, 0.29) is 0 Å². The van der Waals surface area contributed by atoms with Crippen molar-refractivity contribution in [1.82, 2.24) is 9.55 Å². The summed E-state index contributed by atoms with van der Waals surface area (Å²) in [7, 11) is 0. The average molecular weight is 252 g/mol. The van der Waals surface area contributed by atoms with Crippen molar-refractivity contribution in [3.63, 3.8) is 0 Å². The van der Waals surface area contributed by atoms with Crippen LogP contribution in [0.3, 0.4) is 0 Å². The van der Waals surface area contributed by atoms with Gasteiger partial charge in [-0.05, 0) is 18.8 Å². The van der Waals surface area contributed by atoms with Crippen LogP contribution in [0.4, 0.5) is 0 Å². The minimum Gasteiger partial charge on any atom is -0.337 e. The molecule has 1 aromatic rings. The third-order valence-corrected chi connectivity index (χ3v) is 3.25. The Kier molecular flexibility index (Phi) is 12.1. The number of aromatic nitrogens is 2. The van der Waals surface area contributed by atoms with Crippen LogP contribution in [0.1, 0.15) is 72.6 Å². The Morgan fingerprint density at radius 2 is 1.67 bits per heavy atom. The molecule has 0 radical (unpaired) electrons. The number of imidazole rings is 1. The van der Waals surface area contributed by atoms with E-state index in [1.807, 2.05) is 26.4 Å². The number of hydrogen-bond acceptors (Lipinski definition) is 1. The highest BCUT2D eigenvalue weighted by atomic mass is 15.0. The van der Waals surface area contributed by atoms with Gasteiger partial charge >= 0.3 is 0 Å². The first kappa shape index (κ1) is 17.2. The van der Waals surface area contributed by atoms with Crippen LogP contribution in [0.2, 0.25) is 0 Å². The maximum absolute atomic E-state index is 4.05. The Morgan fingerprint density at radius 1 is 1.06 bits per heavy atom. The third kappa shape index (κ3) is 8.32. The second kappa shape index (κ2) is 12.7. The van der Waals surface area contributed by atoms with Gasteiger partial charge in [0, 0.05) is 18.9 Å². The summed E-state index contributed by atoms with van der Waals surface area (Å²) in [6.07, 6.45) is 15.6. The Hall–Kier alpha value is -0.790. The second-order valence-corrected chi connectivity index (χ2v) is 4.76. The first-order chi connectivity index (χ1) is 8.86. The lowest BCUT2D eigenvalue weighted by Crippen LogP contribution is -2.12. The van der Waals surface area contributed by atoms with Crippen LogP contribution in [0.5, 0.6) is 0 Å². The van der Waals surface area contributed by atoms with Crippen molar-refractivity contribution in [3.05, 3.63) is 18.7 Å². The molecule has 0 amide bonds. The van der Waals surface area contributed by atoms with Gasteiger partial charge in [0.25, 0.3) is 0 Å². The van der Waals surface area contributed by atoms with E-state index < -0.39 is 0 Å². The molecule has 0 aliphatic heterocycles. The van der Waals surface area contributed by atoms with Gasteiger partial charge in [-0.15, -0.1) is 0 Å². The van der Waals surface area contributed by atoms with Gasteiger partial charge < -0.3 is 4.57 Å². The van der Waals surface area contributed by atoms with Crippen LogP contribution in [-0.2, 0) is 6.54 Å². The summed E-state index contributed by atoms with van der Waals surface area (Å²) in [4.78, 5) is 4.05. The summed E-state index contributed by atoms with van der Waals surface area (Å²) in [5.41, 5.74) is 0. The van der Waals surface area contributed by atoms with Crippen molar-refractivity contribution in [2.45, 2.75) is 79.2 Å². The standard InChI is InChI=1S/C10H16N2.C4H10.C2H6/c1-2-4-10(5-3-1)8-12-7-6-11-9-12;1-3-4-2;1-2/h6-7,9-10H,1-5,8H2;3-4H2,1-2H3;1-2H3. The molecule has 0 N–H and O–H groups in total. The summed E-state index contributed by atoms with van der Waals surface area (Å²) in [6, 6.07) is 0. The Labute approximate surface area is 114 Å². The molecule has 1 heterocycles. The van der Waals surface area contributed by atoms with Gasteiger partial charge in [0.15, 0.2) is 0 Å². The monoisotopic (exact) mass is 252 g/mol. The summed E-state index contributed by atoms with van der Waals surface area (Å²) < 4.78 is 2.20. The van der Waals surface area contributed by atoms with Crippen LogP contribution < -0.4 is 0 Å². The molecule has 0 aromatic carbocycles. The molecule has 0 unspecified atom stereocenters. The summed E-state index contributed by atoms with van der Waals surface area (Å²) >= 11 is 0. The molecule has 1 aliphatic carbocycles. The van der Waals surface area contributed by atoms with Gasteiger partial charge in [-0.1, -0.05) is 59.8 Å². The Balaban J connectivity index is 0.000000415. The molecule has 2 nitrogen and oxygen atoms in total. The number of rotatable bonds is 3. The van der Waals surface area contributed by atoms with Crippen molar-refractivity contribution in [2.75, 3.05) is 0 Å². The van der Waals surface area contributed by atoms with Crippen LogP contribution in [-0.4, -0.2) is 9.55 Å². The zero-order chi connectivity index (χ0) is 13.6. The topological polar surface area (TPSA) is 17.8 Å². The highest BCUT2D eigenvalue weighted by Gasteiger charge is 2.12. The van der Waals surface area contributed by atoms with E-state index in [1.54, 1.807) is 0 Å². The predicted octanol–water partition coefficient (Wildman–Crippen LogP) is 5.30. The molecule has 1 fully saturated rings. The number of nitrogens with zero attached hydrogens (tertiary/aromatic N) is 2. The largest absolute Gasteiger partial charge is 0.337 e. The lowest BCUT2D eigenvalue weighted by Gasteiger charge is -2.21. The quantitative estimate of drug-likeness (QED) is 0.714. The molecule has 2 rings (SSSR count). The maximum Gasteiger partial charge on any atom is 0.0945 e. The van der Waals surface area contributed by atoms with Gasteiger partial charge in [-0.25, -0.2) is 4.98 Å². The van der Waals surface area contributed by atoms with E-state index in [2.05, 4.69) is 29.6 Å². The highest BCUT2D eigenvalue weighted by molar-refractivity contribution is 4.76. The lowest BCUT2D eigenvalue weighted by molar-refractivity contribution is 0.319. The van der Waals surface area contributed by atoms with Crippen LogP contribution >= 0.6 is 0 Å². The van der Waals surface area contributed by atoms with Gasteiger partial charge in [0.05, 0.1) is 6.33 Å². The lowest BCUT2D eigenvalue weighted by atomic mass is 9.89. The molecule has 18 heavy (non-hydrogen) atoms. The van der Waals surface area contributed by atoms with Crippen molar-refractivity contribution in [1.29, 1.82) is 0 Å². The molecule has 0 atom stereocenters. The predicted molar refractivity (Wildman–Crippen MR) is 80.7 cm³/mol. The normalized spacial score (nSPS) is 15.1. The van der Waals surface area contributed by atoms with Gasteiger partial charge in [-0.2, -0.15) is 0 Å². The molecule has 0 saturated heterocycles. The Bertz CT molecular complexity index is 234. The fourth-order valence-corrected chi connectivity index (χ4v) is 2.06. The van der Waals surface area contributed by atoms with E-state index in [9.17, 15) is 0 Å². The molecular weight excluding hydrogens is 220 g/mol. The van der Waals surface area contributed by atoms with Crippen LogP contribution in [0.15, 0.2) is 18.7 Å². The molecular formula is C16H32N2. The van der Waals surface area contributed by atoms with Crippen molar-refractivity contribution in [2.24, 2.45) is 5.92 Å². The van der Waals surface area contributed by atoms with E-state index in [0.29, 0.717) is 0 Å².